The summed E-state index contributed by atoms with van der Waals surface area (Å²) in [5.74, 6) is -0.977. The smallest absolute Gasteiger partial charge is 0.338 e. The third kappa shape index (κ3) is 10.1. The minimum absolute atomic E-state index is 0.0600. The molecule has 1 unspecified atom stereocenters. The van der Waals surface area contributed by atoms with Crippen LogP contribution in [0.15, 0.2) is 60.9 Å². The van der Waals surface area contributed by atoms with Gasteiger partial charge in [0.15, 0.2) is 11.8 Å². The molecule has 9 nitrogen and oxygen atoms in total. The molecule has 3 heterocycles. The van der Waals surface area contributed by atoms with E-state index in [-0.39, 0.29) is 5.92 Å². The maximum absolute atomic E-state index is 14.4. The molecule has 49 heavy (non-hydrogen) atoms. The Hall–Kier alpha value is -3.46. The van der Waals surface area contributed by atoms with Crippen LogP contribution in [-0.4, -0.2) is 79.7 Å². The molecule has 0 saturated heterocycles. The molecule has 3 aromatic heterocycles. The van der Waals surface area contributed by atoms with E-state index in [1.807, 2.05) is 53.3 Å². The predicted octanol–water partition coefficient (Wildman–Crippen LogP) is 8.59. The fraction of sp³-hybridized carbons (Fsp3) is 0.514. The molecule has 1 saturated carbocycles. The number of carboxylic acid groups (broad SMARTS) is 1. The first-order valence-electron chi connectivity index (χ1n) is 17.5. The number of rotatable bonds is 16. The topological polar surface area (TPSA) is 102 Å². The molecule has 264 valence electrons. The number of aromatic nitrogens is 4. The van der Waals surface area contributed by atoms with Gasteiger partial charge < -0.3 is 19.5 Å². The van der Waals surface area contributed by atoms with Crippen molar-refractivity contribution in [1.82, 2.24) is 19.6 Å². The quantitative estimate of drug-likeness (QED) is 0.0703. The fourth-order valence-electron chi connectivity index (χ4n) is 6.12. The summed E-state index contributed by atoms with van der Waals surface area (Å²) < 4.78 is 28.9. The van der Waals surface area contributed by atoms with Crippen molar-refractivity contribution >= 4 is 33.6 Å². The van der Waals surface area contributed by atoms with Crippen molar-refractivity contribution in [2.24, 2.45) is 5.92 Å². The Balaban J connectivity index is 1.50. The number of benzene rings is 1. The molecule has 1 aliphatic carbocycles. The van der Waals surface area contributed by atoms with E-state index in [4.69, 9.17) is 24.5 Å². The average molecular weight is 706 g/mol. The Labute approximate surface area is 291 Å². The van der Waals surface area contributed by atoms with Crippen molar-refractivity contribution < 1.29 is 23.8 Å². The zero-order valence-corrected chi connectivity index (χ0v) is 31.9. The van der Waals surface area contributed by atoms with Gasteiger partial charge in [-0.25, -0.2) is 14.2 Å². The number of hydrogen-bond acceptors (Lipinski definition) is 7. The predicted molar refractivity (Wildman–Crippen MR) is 199 cm³/mol. The minimum atomic E-state index is -1.84. The number of fused-ring (bicyclic) bond motifs is 1. The van der Waals surface area contributed by atoms with Crippen LogP contribution in [0.3, 0.4) is 0 Å². The first kappa shape index (κ1) is 36.8. The summed E-state index contributed by atoms with van der Waals surface area (Å²) in [6, 6.07) is 18.3. The third-order valence-electron chi connectivity index (χ3n) is 9.27. The standard InChI is InChI=1S/C37H52FN5O4Si2/c1-48(2,3)20-18-46-25-42(26-47-19-21-49(4,5)6)34-22-33(28-12-14-29(15-13-28)35(38)37(44)45)41-36-31(24-40-43(34)36)30-16-17-32(39-23-30)27-10-8-7-9-11-27/h7-11,16-17,22-24,28-29,35H,12-15,18-21,25-26H2,1-6H3,(H,44,45)/t28-,29-,35?. The zero-order valence-electron chi connectivity index (χ0n) is 29.9. The second-order valence-corrected chi connectivity index (χ2v) is 27.0. The molecular formula is C37H52FN5O4Si2. The van der Waals surface area contributed by atoms with E-state index in [0.29, 0.717) is 58.0 Å². The van der Waals surface area contributed by atoms with E-state index < -0.39 is 34.2 Å². The number of alkyl halides is 1. The van der Waals surface area contributed by atoms with Crippen molar-refractivity contribution in [3.05, 3.63) is 66.6 Å². The first-order valence-corrected chi connectivity index (χ1v) is 24.9. The Morgan fingerprint density at radius 1 is 0.918 bits per heavy atom. The van der Waals surface area contributed by atoms with Crippen molar-refractivity contribution in [2.75, 3.05) is 31.6 Å². The lowest BCUT2D eigenvalue weighted by atomic mass is 9.78. The van der Waals surface area contributed by atoms with Gasteiger partial charge in [0.25, 0.3) is 0 Å². The summed E-state index contributed by atoms with van der Waals surface area (Å²) in [6.07, 6.45) is 4.19. The molecule has 5 rings (SSSR count). The largest absolute Gasteiger partial charge is 0.479 e. The highest BCUT2D eigenvalue weighted by molar-refractivity contribution is 6.76. The monoisotopic (exact) mass is 705 g/mol. The van der Waals surface area contributed by atoms with E-state index in [1.54, 1.807) is 0 Å². The van der Waals surface area contributed by atoms with Gasteiger partial charge in [0.05, 0.1) is 11.9 Å². The maximum atomic E-state index is 14.4. The van der Waals surface area contributed by atoms with Gasteiger partial charge >= 0.3 is 5.97 Å². The third-order valence-corrected chi connectivity index (χ3v) is 12.7. The lowest BCUT2D eigenvalue weighted by molar-refractivity contribution is -0.145. The summed E-state index contributed by atoms with van der Waals surface area (Å²) >= 11 is 0. The lowest BCUT2D eigenvalue weighted by Gasteiger charge is -2.30. The van der Waals surface area contributed by atoms with Gasteiger partial charge in [0, 0.05) is 75.8 Å². The zero-order chi connectivity index (χ0) is 35.2. The number of ether oxygens (including phenoxy) is 2. The molecule has 4 aromatic rings. The van der Waals surface area contributed by atoms with Gasteiger partial charge in [-0.05, 0) is 43.8 Å². The molecule has 1 N–H and O–H groups in total. The Bertz CT molecular complexity index is 1640. The minimum Gasteiger partial charge on any atom is -0.479 e. The van der Waals surface area contributed by atoms with Gasteiger partial charge in [-0.1, -0.05) is 75.7 Å². The van der Waals surface area contributed by atoms with Gasteiger partial charge in [-0.15, -0.1) is 0 Å². The van der Waals surface area contributed by atoms with Crippen molar-refractivity contribution in [3.63, 3.8) is 0 Å². The molecule has 0 aliphatic heterocycles. The summed E-state index contributed by atoms with van der Waals surface area (Å²) in [5, 5.41) is 14.1. The van der Waals surface area contributed by atoms with Crippen LogP contribution >= 0.6 is 0 Å². The number of aliphatic carboxylic acids is 1. The van der Waals surface area contributed by atoms with Crippen molar-refractivity contribution in [2.45, 2.75) is 89.1 Å². The van der Waals surface area contributed by atoms with Crippen molar-refractivity contribution in [3.8, 4) is 22.4 Å². The van der Waals surface area contributed by atoms with Crippen LogP contribution in [0.4, 0.5) is 10.2 Å². The number of carbonyl (C=O) groups is 1. The van der Waals surface area contributed by atoms with E-state index in [1.165, 1.54) is 0 Å². The first-order chi connectivity index (χ1) is 23.3. The highest BCUT2D eigenvalue weighted by Gasteiger charge is 2.33. The molecule has 12 heteroatoms. The molecule has 1 aromatic carbocycles. The molecule has 1 aliphatic rings. The summed E-state index contributed by atoms with van der Waals surface area (Å²) in [7, 11) is -2.57. The Kier molecular flexibility index (Phi) is 12.1. The average Bonchev–Trinajstić information content (AvgIpc) is 3.50. The van der Waals surface area contributed by atoms with Crippen LogP contribution in [-0.2, 0) is 14.3 Å². The summed E-state index contributed by atoms with van der Waals surface area (Å²) in [4.78, 5) is 23.4. The van der Waals surface area contributed by atoms with Crippen LogP contribution in [0.25, 0.3) is 28.0 Å². The van der Waals surface area contributed by atoms with Crippen LogP contribution in [0, 0.1) is 5.92 Å². The van der Waals surface area contributed by atoms with Gasteiger partial charge in [0.2, 0.25) is 0 Å². The SMILES string of the molecule is C[Si](C)(C)CCOCN(COCC[Si](C)(C)C)c1cc([C@H]2CC[C@H](C(F)C(=O)O)CC2)nc2c(-c3ccc(-c4ccccc4)nc3)cnn12. The van der Waals surface area contributed by atoms with Gasteiger partial charge in [-0.2, -0.15) is 9.61 Å². The number of nitrogens with zero attached hydrogens (tertiary/aromatic N) is 5. The van der Waals surface area contributed by atoms with Crippen LogP contribution < -0.4 is 4.90 Å². The number of carboxylic acids is 1. The molecule has 0 bridgehead atoms. The number of halogens is 1. The molecule has 1 atom stereocenters. The summed E-state index contributed by atoms with van der Waals surface area (Å²) in [5.41, 5.74) is 5.28. The molecule has 1 fully saturated rings. The van der Waals surface area contributed by atoms with E-state index in [2.05, 4.69) is 56.3 Å². The highest BCUT2D eigenvalue weighted by atomic mass is 28.3. The second-order valence-electron chi connectivity index (χ2n) is 15.7. The molecule has 0 amide bonds. The second kappa shape index (κ2) is 16.0. The number of hydrogen-bond donors (Lipinski definition) is 1. The molecule has 0 spiro atoms. The van der Waals surface area contributed by atoms with Crippen LogP contribution in [0.2, 0.25) is 51.4 Å². The fourth-order valence-corrected chi connectivity index (χ4v) is 7.63. The van der Waals surface area contributed by atoms with E-state index >= 15 is 0 Å². The van der Waals surface area contributed by atoms with Crippen LogP contribution in [0.5, 0.6) is 0 Å². The molecular weight excluding hydrogens is 654 g/mol. The number of anilines is 1. The van der Waals surface area contributed by atoms with E-state index in [0.717, 1.165) is 46.0 Å². The van der Waals surface area contributed by atoms with Gasteiger partial charge in [-0.3, -0.25) is 4.98 Å². The summed E-state index contributed by atoms with van der Waals surface area (Å²) in [6.45, 7) is 16.1. The van der Waals surface area contributed by atoms with E-state index in [9.17, 15) is 14.3 Å². The van der Waals surface area contributed by atoms with Gasteiger partial charge in [0.1, 0.15) is 19.3 Å². The van der Waals surface area contributed by atoms with Crippen molar-refractivity contribution in [1.29, 1.82) is 0 Å². The lowest BCUT2D eigenvalue weighted by Crippen LogP contribution is -2.33. The molecule has 0 radical (unpaired) electrons. The Morgan fingerprint density at radius 2 is 1.55 bits per heavy atom. The van der Waals surface area contributed by atoms with Crippen LogP contribution in [0.1, 0.15) is 37.3 Å². The number of pyridine rings is 1. The Morgan fingerprint density at radius 3 is 2.10 bits per heavy atom. The maximum Gasteiger partial charge on any atom is 0.338 e. The normalized spacial score (nSPS) is 17.7. The highest BCUT2D eigenvalue weighted by Crippen LogP contribution is 2.39.